The molecule has 0 saturated carbocycles. The van der Waals surface area contributed by atoms with Crippen LogP contribution >= 0.6 is 23.2 Å². The molecule has 0 aliphatic rings. The molecule has 2 aromatic carbocycles. The van der Waals surface area contributed by atoms with E-state index in [2.05, 4.69) is 0 Å². The van der Waals surface area contributed by atoms with E-state index in [1.54, 1.807) is 6.07 Å². The van der Waals surface area contributed by atoms with Crippen LogP contribution in [0, 0.1) is 0 Å². The smallest absolute Gasteiger partial charge is 0.244 e. The molecule has 0 spiro atoms. The second kappa shape index (κ2) is 8.27. The molecular formula is C17H19Cl2NO4S. The van der Waals surface area contributed by atoms with Gasteiger partial charge in [0.25, 0.3) is 0 Å². The first-order valence-electron chi connectivity index (χ1n) is 7.52. The van der Waals surface area contributed by atoms with Crippen LogP contribution in [0.5, 0.6) is 11.5 Å². The minimum atomic E-state index is -3.84. The Morgan fingerprint density at radius 3 is 2.36 bits per heavy atom. The molecule has 0 amide bonds. The molecule has 0 radical (unpaired) electrons. The van der Waals surface area contributed by atoms with Crippen LogP contribution in [0.4, 0.5) is 0 Å². The fourth-order valence-electron chi connectivity index (χ4n) is 2.29. The van der Waals surface area contributed by atoms with E-state index in [4.69, 9.17) is 32.7 Å². The van der Waals surface area contributed by atoms with Gasteiger partial charge in [-0.15, -0.1) is 0 Å². The van der Waals surface area contributed by atoms with Crippen molar-refractivity contribution in [2.24, 2.45) is 0 Å². The summed E-state index contributed by atoms with van der Waals surface area (Å²) in [6.45, 7) is 2.50. The lowest BCUT2D eigenvalue weighted by molar-refractivity contribution is 0.332. The van der Waals surface area contributed by atoms with Gasteiger partial charge >= 0.3 is 0 Å². The van der Waals surface area contributed by atoms with E-state index in [1.807, 2.05) is 25.1 Å². The number of halogens is 2. The van der Waals surface area contributed by atoms with Crippen LogP contribution in [-0.2, 0) is 16.6 Å². The number of hydrogen-bond donors (Lipinski definition) is 0. The number of hydrogen-bond acceptors (Lipinski definition) is 4. The van der Waals surface area contributed by atoms with Crippen molar-refractivity contribution in [2.45, 2.75) is 18.4 Å². The van der Waals surface area contributed by atoms with Gasteiger partial charge in [-0.1, -0.05) is 41.4 Å². The largest absolute Gasteiger partial charge is 0.495 e. The Labute approximate surface area is 158 Å². The number of sulfonamides is 1. The molecule has 5 nitrogen and oxygen atoms in total. The average molecular weight is 404 g/mol. The molecule has 0 unspecified atom stereocenters. The molecule has 2 aromatic rings. The van der Waals surface area contributed by atoms with Gasteiger partial charge in [0.1, 0.15) is 21.4 Å². The monoisotopic (exact) mass is 403 g/mol. The second-order valence-corrected chi connectivity index (χ2v) is 7.96. The van der Waals surface area contributed by atoms with Gasteiger partial charge in [0.2, 0.25) is 10.0 Å². The van der Waals surface area contributed by atoms with Gasteiger partial charge in [-0.05, 0) is 25.1 Å². The van der Waals surface area contributed by atoms with Crippen LogP contribution in [0.2, 0.25) is 10.0 Å². The van der Waals surface area contributed by atoms with Crippen molar-refractivity contribution in [3.8, 4) is 11.5 Å². The summed E-state index contributed by atoms with van der Waals surface area (Å²) in [5.41, 5.74) is 0.756. The molecule has 0 aliphatic heterocycles. The van der Waals surface area contributed by atoms with Crippen molar-refractivity contribution in [1.29, 1.82) is 0 Å². The van der Waals surface area contributed by atoms with E-state index in [0.29, 0.717) is 18.1 Å². The number of nitrogens with zero attached hydrogens (tertiary/aromatic N) is 1. The maximum absolute atomic E-state index is 12.9. The predicted octanol–water partition coefficient (Wildman–Crippen LogP) is 4.22. The Balaban J connectivity index is 2.36. The molecule has 0 atom stereocenters. The first-order chi connectivity index (χ1) is 11.8. The molecule has 0 saturated heterocycles. The summed E-state index contributed by atoms with van der Waals surface area (Å²) in [7, 11) is -0.929. The summed E-state index contributed by atoms with van der Waals surface area (Å²) >= 11 is 12.2. The van der Waals surface area contributed by atoms with Gasteiger partial charge < -0.3 is 9.47 Å². The maximum Gasteiger partial charge on any atom is 0.244 e. The van der Waals surface area contributed by atoms with Crippen LogP contribution in [0.1, 0.15) is 12.5 Å². The highest BCUT2D eigenvalue weighted by Crippen LogP contribution is 2.37. The fourth-order valence-corrected chi connectivity index (χ4v) is 4.25. The molecule has 0 heterocycles. The quantitative estimate of drug-likeness (QED) is 0.694. The summed E-state index contributed by atoms with van der Waals surface area (Å²) < 4.78 is 37.6. The Morgan fingerprint density at radius 1 is 1.04 bits per heavy atom. The molecule has 0 N–H and O–H groups in total. The van der Waals surface area contributed by atoms with Crippen LogP contribution in [0.15, 0.2) is 41.3 Å². The Bertz CT molecular complexity index is 856. The highest BCUT2D eigenvalue weighted by molar-refractivity contribution is 7.89. The first kappa shape index (κ1) is 19.8. The summed E-state index contributed by atoms with van der Waals surface area (Å²) in [5.74, 6) is 0.959. The third-order valence-corrected chi connectivity index (χ3v) is 6.41. The van der Waals surface area contributed by atoms with Crippen LogP contribution < -0.4 is 9.47 Å². The van der Waals surface area contributed by atoms with E-state index in [-0.39, 0.29) is 21.5 Å². The van der Waals surface area contributed by atoms with Crippen molar-refractivity contribution in [2.75, 3.05) is 20.8 Å². The maximum atomic E-state index is 12.9. The SMILES string of the molecule is CCOc1ccccc1CN(C)S(=O)(=O)c1ccc(OC)c(Cl)c1Cl. The normalized spacial score (nSPS) is 11.6. The first-order valence-corrected chi connectivity index (χ1v) is 9.71. The third-order valence-electron chi connectivity index (χ3n) is 3.59. The number of rotatable bonds is 7. The number of para-hydroxylation sites is 1. The fraction of sp³-hybridized carbons (Fsp3) is 0.294. The summed E-state index contributed by atoms with van der Waals surface area (Å²) in [6.07, 6.45) is 0. The Morgan fingerprint density at radius 2 is 1.72 bits per heavy atom. The predicted molar refractivity (Wildman–Crippen MR) is 99.3 cm³/mol. The number of benzene rings is 2. The lowest BCUT2D eigenvalue weighted by Crippen LogP contribution is -2.27. The standard InChI is InChI=1S/C17H19Cl2NO4S/c1-4-24-13-8-6-5-7-12(13)11-20(2)25(21,22)15-10-9-14(23-3)16(18)17(15)19/h5-10H,4,11H2,1-3H3. The van der Waals surface area contributed by atoms with Crippen molar-refractivity contribution >= 4 is 33.2 Å². The van der Waals surface area contributed by atoms with Crippen molar-refractivity contribution in [3.05, 3.63) is 52.0 Å². The molecule has 0 bridgehead atoms. The average Bonchev–Trinajstić information content (AvgIpc) is 2.59. The van der Waals surface area contributed by atoms with E-state index in [0.717, 1.165) is 5.56 Å². The summed E-state index contributed by atoms with van der Waals surface area (Å²) in [4.78, 5) is -0.0728. The van der Waals surface area contributed by atoms with E-state index in [1.165, 1.54) is 30.6 Å². The highest BCUT2D eigenvalue weighted by Gasteiger charge is 2.27. The molecule has 136 valence electrons. The zero-order chi connectivity index (χ0) is 18.6. The van der Waals surface area contributed by atoms with Gasteiger partial charge in [0.15, 0.2) is 0 Å². The van der Waals surface area contributed by atoms with Crippen molar-refractivity contribution < 1.29 is 17.9 Å². The molecule has 0 fully saturated rings. The summed E-state index contributed by atoms with van der Waals surface area (Å²) in [5, 5.41) is -0.000631. The van der Waals surface area contributed by atoms with Crippen molar-refractivity contribution in [3.63, 3.8) is 0 Å². The van der Waals surface area contributed by atoms with E-state index >= 15 is 0 Å². The topological polar surface area (TPSA) is 55.8 Å². The lowest BCUT2D eigenvalue weighted by Gasteiger charge is -2.20. The molecule has 0 aliphatic carbocycles. The van der Waals surface area contributed by atoms with Gasteiger partial charge in [0, 0.05) is 19.2 Å². The zero-order valence-electron chi connectivity index (χ0n) is 14.1. The lowest BCUT2D eigenvalue weighted by atomic mass is 10.2. The molecular weight excluding hydrogens is 385 g/mol. The van der Waals surface area contributed by atoms with Crippen LogP contribution in [-0.4, -0.2) is 33.5 Å². The minimum absolute atomic E-state index is 0.0633. The minimum Gasteiger partial charge on any atom is -0.495 e. The van der Waals surface area contributed by atoms with Crippen LogP contribution in [0.25, 0.3) is 0 Å². The second-order valence-electron chi connectivity index (χ2n) is 5.20. The van der Waals surface area contributed by atoms with Gasteiger partial charge in [-0.2, -0.15) is 4.31 Å². The van der Waals surface area contributed by atoms with E-state index in [9.17, 15) is 8.42 Å². The molecule has 0 aromatic heterocycles. The molecule has 8 heteroatoms. The van der Waals surface area contributed by atoms with Crippen molar-refractivity contribution in [1.82, 2.24) is 4.31 Å². The third kappa shape index (κ3) is 4.20. The zero-order valence-corrected chi connectivity index (χ0v) is 16.5. The molecule has 2 rings (SSSR count). The van der Waals surface area contributed by atoms with Crippen LogP contribution in [0.3, 0.4) is 0 Å². The summed E-state index contributed by atoms with van der Waals surface area (Å²) in [6, 6.07) is 10.1. The van der Waals surface area contributed by atoms with Gasteiger partial charge in [-0.3, -0.25) is 0 Å². The van der Waals surface area contributed by atoms with Gasteiger partial charge in [-0.25, -0.2) is 8.42 Å². The van der Waals surface area contributed by atoms with E-state index < -0.39 is 10.0 Å². The number of methoxy groups -OCH3 is 1. The Kier molecular flexibility index (Phi) is 6.57. The number of ether oxygens (including phenoxy) is 2. The van der Waals surface area contributed by atoms with Gasteiger partial charge in [0.05, 0.1) is 18.7 Å². The highest BCUT2D eigenvalue weighted by atomic mass is 35.5. The Hall–Kier alpha value is -1.47. The molecule has 25 heavy (non-hydrogen) atoms.